The van der Waals surface area contributed by atoms with E-state index in [4.69, 9.17) is 20.2 Å². The van der Waals surface area contributed by atoms with Crippen LogP contribution in [0.3, 0.4) is 0 Å². The van der Waals surface area contributed by atoms with Crippen molar-refractivity contribution in [1.82, 2.24) is 25.3 Å². The molecule has 5 heterocycles. The Morgan fingerprint density at radius 2 is 1.85 bits per heavy atom. The first-order valence-electron chi connectivity index (χ1n) is 14.3. The highest BCUT2D eigenvalue weighted by molar-refractivity contribution is 7.16. The van der Waals surface area contributed by atoms with Crippen molar-refractivity contribution in [1.29, 1.82) is 5.26 Å². The molecule has 1 unspecified atom stereocenters. The van der Waals surface area contributed by atoms with Crippen molar-refractivity contribution in [2.45, 2.75) is 36.8 Å². The molecule has 1 atom stereocenters. The summed E-state index contributed by atoms with van der Waals surface area (Å²) >= 11 is 1.51. The maximum absolute atomic E-state index is 9.88. The highest BCUT2D eigenvalue weighted by Crippen LogP contribution is 2.48. The summed E-state index contributed by atoms with van der Waals surface area (Å²) in [5, 5.41) is 18.5. The van der Waals surface area contributed by atoms with E-state index in [9.17, 15) is 5.26 Å². The molecule has 3 aliphatic rings. The van der Waals surface area contributed by atoms with E-state index in [1.807, 2.05) is 0 Å². The molecule has 10 nitrogen and oxygen atoms in total. The zero-order valence-corrected chi connectivity index (χ0v) is 24.8. The minimum absolute atomic E-state index is 0.155. The van der Waals surface area contributed by atoms with Gasteiger partial charge in [-0.3, -0.25) is 0 Å². The number of hydrogen-bond donors (Lipinski definition) is 2. The van der Waals surface area contributed by atoms with Gasteiger partial charge in [-0.15, -0.1) is 11.3 Å². The lowest BCUT2D eigenvalue weighted by atomic mass is 9.48. The minimum Gasteiger partial charge on any atom is -0.389 e. The Balaban J connectivity index is 1.36. The van der Waals surface area contributed by atoms with E-state index in [1.165, 1.54) is 11.3 Å². The van der Waals surface area contributed by atoms with Gasteiger partial charge in [0.25, 0.3) is 0 Å². The summed E-state index contributed by atoms with van der Waals surface area (Å²) in [5.41, 5.74) is 9.04. The van der Waals surface area contributed by atoms with Gasteiger partial charge >= 0.3 is 0 Å². The fourth-order valence-corrected chi connectivity index (χ4v) is 7.54. The van der Waals surface area contributed by atoms with Crippen molar-refractivity contribution in [2.75, 3.05) is 67.9 Å². The number of fused-ring (bicyclic) bond motifs is 1. The molecule has 0 saturated carbocycles. The maximum Gasteiger partial charge on any atom is 0.237 e. The Morgan fingerprint density at radius 3 is 2.55 bits per heavy atom. The van der Waals surface area contributed by atoms with Crippen LogP contribution in [0.1, 0.15) is 41.7 Å². The molecular formula is C26H36B3N9OS. The number of thiophene rings is 1. The number of piperazine rings is 2. The number of nitriles is 1. The number of aryl methyl sites for hydroxylation is 1. The summed E-state index contributed by atoms with van der Waals surface area (Å²) in [6.07, 6.45) is 2.72. The second-order valence-electron chi connectivity index (χ2n) is 12.3. The third-order valence-corrected chi connectivity index (χ3v) is 9.79. The fourth-order valence-electron chi connectivity index (χ4n) is 6.35. The van der Waals surface area contributed by atoms with E-state index in [2.05, 4.69) is 73.8 Å². The van der Waals surface area contributed by atoms with Gasteiger partial charge in [-0.2, -0.15) is 10.2 Å². The van der Waals surface area contributed by atoms with Gasteiger partial charge in [-0.25, -0.2) is 4.98 Å². The summed E-state index contributed by atoms with van der Waals surface area (Å²) in [6, 6.07) is 6.63. The Morgan fingerprint density at radius 1 is 1.10 bits per heavy atom. The van der Waals surface area contributed by atoms with Crippen LogP contribution in [0.4, 0.5) is 16.5 Å². The lowest BCUT2D eigenvalue weighted by Gasteiger charge is -2.43. The zero-order valence-electron chi connectivity index (χ0n) is 24.0. The first kappa shape index (κ1) is 27.2. The van der Waals surface area contributed by atoms with E-state index in [-0.39, 0.29) is 5.24 Å². The fraction of sp³-hybridized carbons (Fsp3) is 0.538. The summed E-state index contributed by atoms with van der Waals surface area (Å²) in [7, 11) is 6.83. The normalized spacial score (nSPS) is 22.2. The number of nitrogens with zero attached hydrogens (tertiary/aromatic N) is 7. The first-order valence-corrected chi connectivity index (χ1v) is 15.1. The topological polar surface area (TPSA) is 123 Å². The second-order valence-corrected chi connectivity index (χ2v) is 13.4. The number of nitrogen functional groups attached to an aromatic ring is 1. The molecule has 0 radical (unpaired) electrons. The van der Waals surface area contributed by atoms with Gasteiger partial charge < -0.3 is 30.3 Å². The van der Waals surface area contributed by atoms with E-state index in [0.29, 0.717) is 28.0 Å². The summed E-state index contributed by atoms with van der Waals surface area (Å²) in [6.45, 7) is 9.72. The van der Waals surface area contributed by atoms with Crippen LogP contribution in [0.5, 0.6) is 0 Å². The van der Waals surface area contributed by atoms with Gasteiger partial charge in [0.15, 0.2) is 0 Å². The van der Waals surface area contributed by atoms with Gasteiger partial charge in [0, 0.05) is 74.6 Å². The highest BCUT2D eigenvalue weighted by Gasteiger charge is 2.43. The van der Waals surface area contributed by atoms with E-state index in [0.717, 1.165) is 93.6 Å². The van der Waals surface area contributed by atoms with Crippen LogP contribution < -0.4 is 20.9 Å². The molecule has 2 saturated heterocycles. The molecule has 1 aliphatic carbocycles. The summed E-state index contributed by atoms with van der Waals surface area (Å²) in [4.78, 5) is 18.5. The van der Waals surface area contributed by atoms with Crippen LogP contribution in [-0.4, -0.2) is 101 Å². The lowest BCUT2D eigenvalue weighted by Crippen LogP contribution is -2.58. The monoisotopic (exact) mass is 555 g/mol. The van der Waals surface area contributed by atoms with Crippen molar-refractivity contribution in [3.8, 4) is 17.6 Å². The molecule has 2 aliphatic heterocycles. The third-order valence-electron chi connectivity index (χ3n) is 8.71. The quantitative estimate of drug-likeness (QED) is 0.392. The average molecular weight is 555 g/mol. The number of nitrogens with one attached hydrogen (secondary N) is 1. The SMILES string of the molecule is BC(B)(B)N1CCN(c2cc(N3CCNCC3)cc(-c3noc(C4(C)CCCc5sc(N)c(C#N)c54)n3)n2)CC1. The standard InChI is InChI=1S/C26H36B3N9OS/c1-25(4-2-3-19-21(25)17(15-30)22(31)40-19)24-34-23(35-39-24)18-13-16(36-7-5-32-6-8-36)14-20(33-18)37-9-11-38(12-10-37)26(27,28)29/h13-14,32H,2-12,27-29,31H2,1H3. The first-order chi connectivity index (χ1) is 19.2. The average Bonchev–Trinajstić information content (AvgIpc) is 3.59. The highest BCUT2D eigenvalue weighted by atomic mass is 32.1. The Hall–Kier alpha value is -3.01. The summed E-state index contributed by atoms with van der Waals surface area (Å²) < 4.78 is 5.96. The van der Waals surface area contributed by atoms with Crippen molar-refractivity contribution in [3.05, 3.63) is 34.0 Å². The molecule has 0 amide bonds. The molecule has 40 heavy (non-hydrogen) atoms. The smallest absolute Gasteiger partial charge is 0.237 e. The number of nitrogens with two attached hydrogens (primary N) is 1. The van der Waals surface area contributed by atoms with Gasteiger partial charge in [0.05, 0.1) is 11.0 Å². The number of aromatic nitrogens is 3. The van der Waals surface area contributed by atoms with Crippen molar-refractivity contribution >= 4 is 51.4 Å². The van der Waals surface area contributed by atoms with Gasteiger partial charge in [-0.1, -0.05) is 10.4 Å². The van der Waals surface area contributed by atoms with Crippen LogP contribution in [0.2, 0.25) is 0 Å². The predicted molar refractivity (Wildman–Crippen MR) is 168 cm³/mol. The van der Waals surface area contributed by atoms with Gasteiger partial charge in [0.1, 0.15) is 46.1 Å². The molecule has 0 aromatic carbocycles. The van der Waals surface area contributed by atoms with Crippen LogP contribution in [-0.2, 0) is 11.8 Å². The van der Waals surface area contributed by atoms with Crippen molar-refractivity contribution in [2.24, 2.45) is 0 Å². The maximum atomic E-state index is 9.88. The zero-order chi connectivity index (χ0) is 28.1. The van der Waals surface area contributed by atoms with Crippen LogP contribution >= 0.6 is 11.3 Å². The number of rotatable bonds is 5. The van der Waals surface area contributed by atoms with E-state index >= 15 is 0 Å². The minimum atomic E-state index is -0.555. The molecule has 14 heteroatoms. The molecule has 206 valence electrons. The van der Waals surface area contributed by atoms with Crippen LogP contribution in [0.25, 0.3) is 11.5 Å². The molecule has 3 N–H and O–H groups in total. The Kier molecular flexibility index (Phi) is 7.09. The lowest BCUT2D eigenvalue weighted by molar-refractivity contribution is 0.256. The predicted octanol–water partition coefficient (Wildman–Crippen LogP) is -0.669. The molecule has 6 rings (SSSR count). The second kappa shape index (κ2) is 10.4. The van der Waals surface area contributed by atoms with Gasteiger partial charge in [0.2, 0.25) is 11.7 Å². The van der Waals surface area contributed by atoms with E-state index in [1.54, 1.807) is 0 Å². The molecule has 3 aromatic heterocycles. The Labute approximate surface area is 242 Å². The van der Waals surface area contributed by atoms with E-state index < -0.39 is 5.41 Å². The number of pyridine rings is 1. The molecule has 2 fully saturated rings. The largest absolute Gasteiger partial charge is 0.389 e. The number of anilines is 3. The summed E-state index contributed by atoms with van der Waals surface area (Å²) in [5.74, 6) is 1.96. The van der Waals surface area contributed by atoms with Crippen molar-refractivity contribution in [3.63, 3.8) is 0 Å². The van der Waals surface area contributed by atoms with Crippen molar-refractivity contribution < 1.29 is 4.52 Å². The molecule has 3 aromatic rings. The molecular weight excluding hydrogens is 519 g/mol. The van der Waals surface area contributed by atoms with Gasteiger partial charge in [-0.05, 0) is 32.3 Å². The Bertz CT molecular complexity index is 1430. The molecule has 0 spiro atoms. The number of hydrogen-bond acceptors (Lipinski definition) is 11. The van der Waals surface area contributed by atoms with Crippen LogP contribution in [0.15, 0.2) is 16.7 Å². The third kappa shape index (κ3) is 4.88. The van der Waals surface area contributed by atoms with Crippen LogP contribution in [0, 0.1) is 11.3 Å². The molecule has 0 bridgehead atoms.